The topological polar surface area (TPSA) is 77.6 Å². The molecule has 0 bridgehead atoms. The highest BCUT2D eigenvalue weighted by Crippen LogP contribution is 2.18. The number of benzene rings is 2. The number of nitrogens with one attached hydrogen (secondary N) is 1. The summed E-state index contributed by atoms with van der Waals surface area (Å²) in [4.78, 5) is 16.9. The van der Waals surface area contributed by atoms with Crippen LogP contribution in [0.3, 0.4) is 0 Å². The fraction of sp³-hybridized carbons (Fsp3) is 0.143. The van der Waals surface area contributed by atoms with E-state index in [9.17, 15) is 4.79 Å². The van der Waals surface area contributed by atoms with Crippen LogP contribution in [-0.4, -0.2) is 30.5 Å². The van der Waals surface area contributed by atoms with E-state index in [-0.39, 0.29) is 11.9 Å². The average Bonchev–Trinajstić information content (AvgIpc) is 3.30. The van der Waals surface area contributed by atoms with Gasteiger partial charge in [0.15, 0.2) is 0 Å². The Bertz CT molecular complexity index is 1160. The molecule has 0 unspecified atom stereocenters. The van der Waals surface area contributed by atoms with E-state index in [1.807, 2.05) is 62.4 Å². The molecule has 0 saturated heterocycles. The van der Waals surface area contributed by atoms with E-state index in [1.54, 1.807) is 21.9 Å². The highest BCUT2D eigenvalue weighted by molar-refractivity contribution is 9.10. The van der Waals surface area contributed by atoms with Gasteiger partial charge in [-0.15, -0.1) is 5.10 Å². The summed E-state index contributed by atoms with van der Waals surface area (Å²) < 4.78 is 4.47. The Labute approximate surface area is 176 Å². The summed E-state index contributed by atoms with van der Waals surface area (Å²) in [5.74, 6) is -0.0288. The van der Waals surface area contributed by atoms with Gasteiger partial charge < -0.3 is 0 Å². The molecule has 0 radical (unpaired) electrons. The average molecular weight is 451 g/mol. The van der Waals surface area contributed by atoms with Crippen molar-refractivity contribution in [1.29, 1.82) is 0 Å². The molecular formula is C21H19BrN6O. The first-order valence-electron chi connectivity index (χ1n) is 9.07. The zero-order valence-electron chi connectivity index (χ0n) is 16.0. The maximum atomic E-state index is 12.7. The predicted octanol–water partition coefficient (Wildman–Crippen LogP) is 4.14. The second-order valence-corrected chi connectivity index (χ2v) is 7.60. The SMILES string of the molecule is Cc1ccccc1-n1ncc(C(=O)Nc2ncn(Cc3ccc(Br)cc3)n2)c1C. The van der Waals surface area contributed by atoms with Crippen molar-refractivity contribution in [2.45, 2.75) is 20.4 Å². The van der Waals surface area contributed by atoms with Crippen LogP contribution >= 0.6 is 15.9 Å². The predicted molar refractivity (Wildman–Crippen MR) is 114 cm³/mol. The van der Waals surface area contributed by atoms with Crippen LogP contribution in [0.5, 0.6) is 0 Å². The van der Waals surface area contributed by atoms with E-state index in [1.165, 1.54) is 0 Å². The minimum atomic E-state index is -0.288. The molecular weight excluding hydrogens is 432 g/mol. The number of hydrogen-bond donors (Lipinski definition) is 1. The van der Waals surface area contributed by atoms with Crippen molar-refractivity contribution in [3.63, 3.8) is 0 Å². The molecule has 0 aliphatic carbocycles. The van der Waals surface area contributed by atoms with Crippen molar-refractivity contribution in [2.24, 2.45) is 0 Å². The van der Waals surface area contributed by atoms with E-state index in [0.717, 1.165) is 27.0 Å². The Morgan fingerprint density at radius 2 is 1.86 bits per heavy atom. The van der Waals surface area contributed by atoms with Crippen molar-refractivity contribution >= 4 is 27.8 Å². The molecule has 0 atom stereocenters. The molecule has 4 rings (SSSR count). The number of aromatic nitrogens is 5. The number of nitrogens with zero attached hydrogens (tertiary/aromatic N) is 5. The fourth-order valence-corrected chi connectivity index (χ4v) is 3.31. The molecule has 7 nitrogen and oxygen atoms in total. The summed E-state index contributed by atoms with van der Waals surface area (Å²) in [5.41, 5.74) is 4.36. The summed E-state index contributed by atoms with van der Waals surface area (Å²) in [7, 11) is 0. The zero-order chi connectivity index (χ0) is 20.4. The minimum absolute atomic E-state index is 0.259. The molecule has 2 heterocycles. The Morgan fingerprint density at radius 1 is 1.10 bits per heavy atom. The zero-order valence-corrected chi connectivity index (χ0v) is 17.6. The van der Waals surface area contributed by atoms with Gasteiger partial charge in [0.1, 0.15) is 6.33 Å². The molecule has 1 amide bonds. The Morgan fingerprint density at radius 3 is 2.62 bits per heavy atom. The van der Waals surface area contributed by atoms with Crippen molar-refractivity contribution < 1.29 is 4.79 Å². The number of para-hydroxylation sites is 1. The lowest BCUT2D eigenvalue weighted by atomic mass is 10.2. The molecule has 0 aliphatic rings. The van der Waals surface area contributed by atoms with Crippen LogP contribution in [0.2, 0.25) is 0 Å². The quantitative estimate of drug-likeness (QED) is 0.495. The van der Waals surface area contributed by atoms with Crippen LogP contribution in [0.4, 0.5) is 5.95 Å². The number of amides is 1. The van der Waals surface area contributed by atoms with Gasteiger partial charge in [-0.1, -0.05) is 46.3 Å². The first-order valence-corrected chi connectivity index (χ1v) is 9.86. The molecule has 2 aromatic carbocycles. The molecule has 0 spiro atoms. The van der Waals surface area contributed by atoms with Gasteiger partial charge in [-0.3, -0.25) is 10.1 Å². The largest absolute Gasteiger partial charge is 0.289 e. The lowest BCUT2D eigenvalue weighted by Gasteiger charge is -2.08. The highest BCUT2D eigenvalue weighted by atomic mass is 79.9. The lowest BCUT2D eigenvalue weighted by Crippen LogP contribution is -2.14. The summed E-state index contributed by atoms with van der Waals surface area (Å²) in [5, 5.41) is 11.5. The first-order chi connectivity index (χ1) is 14.0. The molecule has 0 saturated carbocycles. The van der Waals surface area contributed by atoms with Gasteiger partial charge in [0, 0.05) is 4.47 Å². The number of aryl methyl sites for hydroxylation is 1. The number of carbonyl (C=O) groups is 1. The molecule has 8 heteroatoms. The minimum Gasteiger partial charge on any atom is -0.289 e. The second-order valence-electron chi connectivity index (χ2n) is 6.69. The highest BCUT2D eigenvalue weighted by Gasteiger charge is 2.17. The van der Waals surface area contributed by atoms with Gasteiger partial charge in [0.2, 0.25) is 5.95 Å². The molecule has 29 heavy (non-hydrogen) atoms. The van der Waals surface area contributed by atoms with Crippen LogP contribution in [-0.2, 0) is 6.54 Å². The van der Waals surface area contributed by atoms with Crippen LogP contribution in [0.1, 0.15) is 27.2 Å². The molecule has 4 aromatic rings. The maximum Gasteiger partial charge on any atom is 0.261 e. The monoisotopic (exact) mass is 450 g/mol. The Kier molecular flexibility index (Phi) is 5.26. The van der Waals surface area contributed by atoms with Crippen LogP contribution in [0.15, 0.2) is 65.5 Å². The van der Waals surface area contributed by atoms with Gasteiger partial charge in [0.05, 0.1) is 29.7 Å². The summed E-state index contributed by atoms with van der Waals surface area (Å²) in [6, 6.07) is 15.9. The summed E-state index contributed by atoms with van der Waals surface area (Å²) in [6.07, 6.45) is 3.16. The first kappa shape index (κ1) is 19.1. The number of anilines is 1. The smallest absolute Gasteiger partial charge is 0.261 e. The third kappa shape index (κ3) is 4.12. The van der Waals surface area contributed by atoms with Gasteiger partial charge in [-0.05, 0) is 43.2 Å². The number of carbonyl (C=O) groups excluding carboxylic acids is 1. The molecule has 0 fully saturated rings. The van der Waals surface area contributed by atoms with E-state index < -0.39 is 0 Å². The van der Waals surface area contributed by atoms with Crippen molar-refractivity contribution in [3.05, 3.63) is 87.9 Å². The van der Waals surface area contributed by atoms with Gasteiger partial charge in [0.25, 0.3) is 5.91 Å². The molecule has 146 valence electrons. The van der Waals surface area contributed by atoms with E-state index in [2.05, 4.69) is 36.4 Å². The summed E-state index contributed by atoms with van der Waals surface area (Å²) in [6.45, 7) is 4.45. The Hall–Kier alpha value is -3.26. The number of rotatable bonds is 5. The van der Waals surface area contributed by atoms with Crippen molar-refractivity contribution in [2.75, 3.05) is 5.32 Å². The third-order valence-electron chi connectivity index (χ3n) is 4.62. The van der Waals surface area contributed by atoms with Crippen molar-refractivity contribution in [1.82, 2.24) is 24.5 Å². The van der Waals surface area contributed by atoms with Crippen molar-refractivity contribution in [3.8, 4) is 5.69 Å². The standard InChI is InChI=1S/C21H19BrN6O/c1-14-5-3-4-6-19(14)28-15(2)18(11-24-28)20(29)25-21-23-13-27(26-21)12-16-7-9-17(22)10-8-16/h3-11,13H,12H2,1-2H3,(H,25,26,29). The van der Waals surface area contributed by atoms with Crippen LogP contribution < -0.4 is 5.32 Å². The van der Waals surface area contributed by atoms with Gasteiger partial charge in [-0.2, -0.15) is 5.10 Å². The van der Waals surface area contributed by atoms with Gasteiger partial charge in [-0.25, -0.2) is 14.3 Å². The molecule has 2 aromatic heterocycles. The van der Waals surface area contributed by atoms with E-state index >= 15 is 0 Å². The van der Waals surface area contributed by atoms with Crippen LogP contribution in [0.25, 0.3) is 5.69 Å². The maximum absolute atomic E-state index is 12.7. The van der Waals surface area contributed by atoms with E-state index in [0.29, 0.717) is 12.1 Å². The van der Waals surface area contributed by atoms with Crippen LogP contribution in [0, 0.1) is 13.8 Å². The third-order valence-corrected chi connectivity index (χ3v) is 5.15. The molecule has 1 N–H and O–H groups in total. The Balaban J connectivity index is 1.48. The van der Waals surface area contributed by atoms with Gasteiger partial charge >= 0.3 is 0 Å². The van der Waals surface area contributed by atoms with E-state index in [4.69, 9.17) is 0 Å². The number of halogens is 1. The second kappa shape index (κ2) is 8.00. The number of hydrogen-bond acceptors (Lipinski definition) is 4. The normalized spacial score (nSPS) is 10.9. The molecule has 0 aliphatic heterocycles. The lowest BCUT2D eigenvalue weighted by molar-refractivity contribution is 0.102. The summed E-state index contributed by atoms with van der Waals surface area (Å²) >= 11 is 3.42. The fourth-order valence-electron chi connectivity index (χ4n) is 3.05.